The van der Waals surface area contributed by atoms with Crippen molar-refractivity contribution in [3.05, 3.63) is 47.5 Å². The van der Waals surface area contributed by atoms with Gasteiger partial charge in [-0.15, -0.1) is 5.92 Å². The molecule has 0 saturated heterocycles. The van der Waals surface area contributed by atoms with Gasteiger partial charge in [0.15, 0.2) is 0 Å². The maximum atomic E-state index is 3.06. The van der Waals surface area contributed by atoms with Gasteiger partial charge in [-0.25, -0.2) is 0 Å². The molecule has 0 aliphatic rings. The molecule has 0 saturated carbocycles. The zero-order valence-electron chi connectivity index (χ0n) is 12.5. The van der Waals surface area contributed by atoms with Crippen LogP contribution in [-0.2, 0) is 0 Å². The summed E-state index contributed by atoms with van der Waals surface area (Å²) < 4.78 is 0. The van der Waals surface area contributed by atoms with Crippen molar-refractivity contribution in [3.63, 3.8) is 0 Å². The molecule has 0 heteroatoms. The molecule has 0 aliphatic heterocycles. The molecule has 0 heterocycles. The Morgan fingerprint density at radius 3 is 1.94 bits per heavy atom. The standard InChI is InChI=1S/C14H12.2C2H6/c1-3-4-12-6-8-13-9-11(2)5-7-14(13)10-12;2*1-2/h5-10H,1-2H3;2*1-2H3. The maximum Gasteiger partial charge on any atom is 0.0251 e. The van der Waals surface area contributed by atoms with Gasteiger partial charge in [0.05, 0.1) is 0 Å². The highest BCUT2D eigenvalue weighted by Gasteiger charge is 1.94. The minimum atomic E-state index is 1.09. The molecule has 2 aromatic carbocycles. The van der Waals surface area contributed by atoms with Crippen molar-refractivity contribution in [2.45, 2.75) is 41.5 Å². The summed E-state index contributed by atoms with van der Waals surface area (Å²) in [6.07, 6.45) is 0. The number of rotatable bonds is 0. The molecule has 0 fully saturated rings. The summed E-state index contributed by atoms with van der Waals surface area (Å²) in [6.45, 7) is 12.0. The van der Waals surface area contributed by atoms with E-state index in [2.05, 4.69) is 55.2 Å². The average Bonchev–Trinajstić information content (AvgIpc) is 2.44. The van der Waals surface area contributed by atoms with Crippen LogP contribution < -0.4 is 0 Å². The van der Waals surface area contributed by atoms with Crippen LogP contribution in [-0.4, -0.2) is 0 Å². The van der Waals surface area contributed by atoms with Gasteiger partial charge in [0.1, 0.15) is 0 Å². The monoisotopic (exact) mass is 240 g/mol. The molecule has 0 aromatic heterocycles. The molecular formula is C18H24. The van der Waals surface area contributed by atoms with E-state index in [4.69, 9.17) is 0 Å². The first-order chi connectivity index (χ1) is 8.79. The highest BCUT2D eigenvalue weighted by atomic mass is 14.0. The fourth-order valence-electron chi connectivity index (χ4n) is 1.59. The van der Waals surface area contributed by atoms with Crippen LogP contribution >= 0.6 is 0 Å². The van der Waals surface area contributed by atoms with Crippen LogP contribution in [0.25, 0.3) is 10.8 Å². The summed E-state index contributed by atoms with van der Waals surface area (Å²) in [5.41, 5.74) is 2.38. The average molecular weight is 240 g/mol. The zero-order chi connectivity index (χ0) is 14.0. The van der Waals surface area contributed by atoms with Crippen molar-refractivity contribution in [1.29, 1.82) is 0 Å². The molecule has 0 bridgehead atoms. The highest BCUT2D eigenvalue weighted by Crippen LogP contribution is 2.17. The molecule has 2 aromatic rings. The smallest absolute Gasteiger partial charge is 0.0251 e. The molecule has 0 unspecified atom stereocenters. The van der Waals surface area contributed by atoms with E-state index >= 15 is 0 Å². The second-order valence-electron chi connectivity index (χ2n) is 3.44. The fourth-order valence-corrected chi connectivity index (χ4v) is 1.59. The second kappa shape index (κ2) is 9.31. The van der Waals surface area contributed by atoms with Gasteiger partial charge in [-0.2, -0.15) is 0 Å². The minimum absolute atomic E-state index is 1.09. The Morgan fingerprint density at radius 2 is 1.33 bits per heavy atom. The van der Waals surface area contributed by atoms with Crippen LogP contribution in [0.1, 0.15) is 45.7 Å². The van der Waals surface area contributed by atoms with Crippen LogP contribution in [0.15, 0.2) is 36.4 Å². The van der Waals surface area contributed by atoms with Crippen LogP contribution in [0.2, 0.25) is 0 Å². The first kappa shape index (κ1) is 16.3. The van der Waals surface area contributed by atoms with Gasteiger partial charge in [0.2, 0.25) is 0 Å². The Hall–Kier alpha value is -1.74. The highest BCUT2D eigenvalue weighted by molar-refractivity contribution is 5.84. The SMILES string of the molecule is CC.CC.CC#Cc1ccc2cc(C)ccc2c1. The van der Waals surface area contributed by atoms with Gasteiger partial charge < -0.3 is 0 Å². The van der Waals surface area contributed by atoms with E-state index < -0.39 is 0 Å². The van der Waals surface area contributed by atoms with Gasteiger partial charge in [-0.05, 0) is 36.8 Å². The van der Waals surface area contributed by atoms with E-state index in [1.165, 1.54) is 16.3 Å². The minimum Gasteiger partial charge on any atom is -0.101 e. The second-order valence-corrected chi connectivity index (χ2v) is 3.44. The van der Waals surface area contributed by atoms with Crippen molar-refractivity contribution in [2.24, 2.45) is 0 Å². The van der Waals surface area contributed by atoms with E-state index in [1.54, 1.807) is 0 Å². The molecule has 96 valence electrons. The molecule has 0 amide bonds. The van der Waals surface area contributed by atoms with E-state index in [0.717, 1.165) is 5.56 Å². The van der Waals surface area contributed by atoms with Gasteiger partial charge in [-0.1, -0.05) is 63.4 Å². The molecule has 18 heavy (non-hydrogen) atoms. The summed E-state index contributed by atoms with van der Waals surface area (Å²) >= 11 is 0. The Morgan fingerprint density at radius 1 is 0.778 bits per heavy atom. The van der Waals surface area contributed by atoms with Crippen LogP contribution in [0.4, 0.5) is 0 Å². The first-order valence-electron chi connectivity index (χ1n) is 6.73. The number of benzene rings is 2. The number of aryl methyl sites for hydroxylation is 1. The Bertz CT molecular complexity index is 524. The fraction of sp³-hybridized carbons (Fsp3) is 0.333. The lowest BCUT2D eigenvalue weighted by Gasteiger charge is -1.99. The van der Waals surface area contributed by atoms with Crippen molar-refractivity contribution in [1.82, 2.24) is 0 Å². The van der Waals surface area contributed by atoms with Crippen LogP contribution in [0.3, 0.4) is 0 Å². The third-order valence-corrected chi connectivity index (χ3v) is 2.27. The van der Waals surface area contributed by atoms with Crippen molar-refractivity contribution in [3.8, 4) is 11.8 Å². The lowest BCUT2D eigenvalue weighted by molar-refractivity contribution is 1.50. The predicted octanol–water partition coefficient (Wildman–Crippen LogP) is 5.57. The van der Waals surface area contributed by atoms with Gasteiger partial charge in [-0.3, -0.25) is 0 Å². The van der Waals surface area contributed by atoms with E-state index in [9.17, 15) is 0 Å². The number of hydrogen-bond acceptors (Lipinski definition) is 0. The molecule has 2 rings (SSSR count). The lowest BCUT2D eigenvalue weighted by Crippen LogP contribution is -1.78. The van der Waals surface area contributed by atoms with E-state index in [-0.39, 0.29) is 0 Å². The molecule has 0 atom stereocenters. The molecule has 0 radical (unpaired) electrons. The molecule has 0 spiro atoms. The quantitative estimate of drug-likeness (QED) is 0.528. The van der Waals surface area contributed by atoms with Crippen LogP contribution in [0, 0.1) is 18.8 Å². The summed E-state index contributed by atoms with van der Waals surface area (Å²) in [5.74, 6) is 5.97. The van der Waals surface area contributed by atoms with E-state index in [1.807, 2.05) is 34.6 Å². The Labute approximate surface area is 112 Å². The topological polar surface area (TPSA) is 0 Å². The van der Waals surface area contributed by atoms with Crippen molar-refractivity contribution in [2.75, 3.05) is 0 Å². The molecule has 0 nitrogen and oxygen atoms in total. The van der Waals surface area contributed by atoms with Gasteiger partial charge >= 0.3 is 0 Å². The summed E-state index contributed by atoms with van der Waals surface area (Å²) in [5, 5.41) is 2.54. The lowest BCUT2D eigenvalue weighted by atomic mass is 10.1. The summed E-state index contributed by atoms with van der Waals surface area (Å²) in [6, 6.07) is 12.8. The van der Waals surface area contributed by atoms with E-state index in [0.29, 0.717) is 0 Å². The van der Waals surface area contributed by atoms with Gasteiger partial charge in [0.25, 0.3) is 0 Å². The third-order valence-electron chi connectivity index (χ3n) is 2.27. The summed E-state index contributed by atoms with van der Waals surface area (Å²) in [7, 11) is 0. The molecule has 0 aliphatic carbocycles. The van der Waals surface area contributed by atoms with Crippen molar-refractivity contribution >= 4 is 10.8 Å². The number of fused-ring (bicyclic) bond motifs is 1. The number of hydrogen-bond donors (Lipinski definition) is 0. The first-order valence-corrected chi connectivity index (χ1v) is 6.73. The summed E-state index contributed by atoms with van der Waals surface area (Å²) in [4.78, 5) is 0. The maximum absolute atomic E-state index is 3.06. The predicted molar refractivity (Wildman–Crippen MR) is 83.9 cm³/mol. The largest absolute Gasteiger partial charge is 0.101 e. The third kappa shape index (κ3) is 4.63. The van der Waals surface area contributed by atoms with Crippen LogP contribution in [0.5, 0.6) is 0 Å². The zero-order valence-corrected chi connectivity index (χ0v) is 12.5. The molecular weight excluding hydrogens is 216 g/mol. The molecule has 0 N–H and O–H groups in total. The van der Waals surface area contributed by atoms with Gasteiger partial charge in [0, 0.05) is 5.56 Å². The van der Waals surface area contributed by atoms with Crippen molar-refractivity contribution < 1.29 is 0 Å². The Kier molecular flexibility index (Phi) is 8.41. The Balaban J connectivity index is 0.000000659. The normalized spacial score (nSPS) is 8.11.